The molecule has 27 heavy (non-hydrogen) atoms. The van der Waals surface area contributed by atoms with E-state index in [2.05, 4.69) is 25.2 Å². The van der Waals surface area contributed by atoms with Crippen molar-refractivity contribution in [2.24, 2.45) is 0 Å². The maximum Gasteiger partial charge on any atom is 0.261 e. The van der Waals surface area contributed by atoms with Crippen molar-refractivity contribution in [3.63, 3.8) is 0 Å². The van der Waals surface area contributed by atoms with E-state index in [4.69, 9.17) is 21.1 Å². The molecule has 0 aromatic heterocycles. The van der Waals surface area contributed by atoms with E-state index in [0.29, 0.717) is 16.7 Å². The average Bonchev–Trinajstić information content (AvgIpc) is 2.60. The number of amides is 1. The molecule has 0 spiro atoms. The quantitative estimate of drug-likeness (QED) is 0.687. The Bertz CT molecular complexity index is 804. The summed E-state index contributed by atoms with van der Waals surface area (Å²) in [6.07, 6.45) is -0.631. The minimum absolute atomic E-state index is 0.147. The van der Waals surface area contributed by atoms with Crippen molar-refractivity contribution in [2.45, 2.75) is 52.7 Å². The average molecular weight is 390 g/mol. The van der Waals surface area contributed by atoms with Gasteiger partial charge in [-0.15, -0.1) is 0 Å². The standard InChI is InChI=1S/C22H28ClNO3/c1-13(2)19-12-20(14(3)10-21(19)26-6)15(4)24-22(25)16(5)27-18-9-7-8-17(23)11-18/h7-13,15-16H,1-6H3,(H,24,25). The molecule has 2 rings (SSSR count). The molecule has 0 aliphatic rings. The van der Waals surface area contributed by atoms with Crippen molar-refractivity contribution in [1.29, 1.82) is 0 Å². The van der Waals surface area contributed by atoms with Gasteiger partial charge in [-0.05, 0) is 73.7 Å². The lowest BCUT2D eigenvalue weighted by Crippen LogP contribution is -2.38. The Morgan fingerprint density at radius 2 is 1.78 bits per heavy atom. The van der Waals surface area contributed by atoms with Gasteiger partial charge in [-0.2, -0.15) is 0 Å². The van der Waals surface area contributed by atoms with Gasteiger partial charge in [-0.25, -0.2) is 0 Å². The van der Waals surface area contributed by atoms with Crippen LogP contribution in [0.5, 0.6) is 11.5 Å². The van der Waals surface area contributed by atoms with Gasteiger partial charge >= 0.3 is 0 Å². The van der Waals surface area contributed by atoms with Crippen molar-refractivity contribution in [1.82, 2.24) is 5.32 Å². The van der Waals surface area contributed by atoms with Gasteiger partial charge in [0.05, 0.1) is 13.2 Å². The second kappa shape index (κ2) is 9.14. The number of hydrogen-bond donors (Lipinski definition) is 1. The van der Waals surface area contributed by atoms with E-state index in [1.165, 1.54) is 0 Å². The highest BCUT2D eigenvalue weighted by Crippen LogP contribution is 2.32. The number of aryl methyl sites for hydroxylation is 1. The third-order valence-corrected chi connectivity index (χ3v) is 4.78. The molecule has 2 aromatic rings. The summed E-state index contributed by atoms with van der Waals surface area (Å²) in [7, 11) is 1.68. The third kappa shape index (κ3) is 5.39. The van der Waals surface area contributed by atoms with Gasteiger partial charge in [0, 0.05) is 5.02 Å². The topological polar surface area (TPSA) is 47.6 Å². The highest BCUT2D eigenvalue weighted by atomic mass is 35.5. The van der Waals surface area contributed by atoms with E-state index in [9.17, 15) is 4.79 Å². The highest BCUT2D eigenvalue weighted by molar-refractivity contribution is 6.30. The van der Waals surface area contributed by atoms with E-state index in [-0.39, 0.29) is 11.9 Å². The number of carbonyl (C=O) groups is 1. The fourth-order valence-corrected chi connectivity index (χ4v) is 3.20. The number of halogens is 1. The fourth-order valence-electron chi connectivity index (χ4n) is 3.02. The van der Waals surface area contributed by atoms with Crippen LogP contribution in [0, 0.1) is 6.92 Å². The summed E-state index contributed by atoms with van der Waals surface area (Å²) in [6.45, 7) is 9.98. The molecule has 0 saturated heterocycles. The highest BCUT2D eigenvalue weighted by Gasteiger charge is 2.20. The van der Waals surface area contributed by atoms with E-state index in [0.717, 1.165) is 22.4 Å². The van der Waals surface area contributed by atoms with Crippen LogP contribution in [0.25, 0.3) is 0 Å². The van der Waals surface area contributed by atoms with Crippen LogP contribution in [-0.2, 0) is 4.79 Å². The first-order valence-corrected chi connectivity index (χ1v) is 9.51. The second-order valence-electron chi connectivity index (χ2n) is 7.05. The summed E-state index contributed by atoms with van der Waals surface area (Å²) in [6, 6.07) is 11.0. The normalized spacial score (nSPS) is 13.2. The van der Waals surface area contributed by atoms with E-state index >= 15 is 0 Å². The lowest BCUT2D eigenvalue weighted by atomic mass is 9.93. The summed E-state index contributed by atoms with van der Waals surface area (Å²) in [5, 5.41) is 3.61. The monoisotopic (exact) mass is 389 g/mol. The molecule has 2 aromatic carbocycles. The largest absolute Gasteiger partial charge is 0.496 e. The van der Waals surface area contributed by atoms with Gasteiger partial charge in [-0.1, -0.05) is 31.5 Å². The molecule has 4 nitrogen and oxygen atoms in total. The van der Waals surface area contributed by atoms with Gasteiger partial charge in [-0.3, -0.25) is 4.79 Å². The van der Waals surface area contributed by atoms with Crippen LogP contribution in [0.15, 0.2) is 36.4 Å². The van der Waals surface area contributed by atoms with Crippen LogP contribution in [-0.4, -0.2) is 19.1 Å². The van der Waals surface area contributed by atoms with Gasteiger partial charge < -0.3 is 14.8 Å². The summed E-state index contributed by atoms with van der Waals surface area (Å²) in [4.78, 5) is 12.6. The maximum absolute atomic E-state index is 12.6. The molecule has 5 heteroatoms. The van der Waals surface area contributed by atoms with Crippen molar-refractivity contribution in [3.8, 4) is 11.5 Å². The minimum Gasteiger partial charge on any atom is -0.496 e. The van der Waals surface area contributed by atoms with Crippen LogP contribution in [0.4, 0.5) is 0 Å². The third-order valence-electron chi connectivity index (χ3n) is 4.54. The van der Waals surface area contributed by atoms with Crippen LogP contribution < -0.4 is 14.8 Å². The molecule has 0 heterocycles. The minimum atomic E-state index is -0.631. The van der Waals surface area contributed by atoms with Crippen LogP contribution in [0.3, 0.4) is 0 Å². The molecule has 1 N–H and O–H groups in total. The number of methoxy groups -OCH3 is 1. The zero-order valence-corrected chi connectivity index (χ0v) is 17.6. The number of rotatable bonds is 7. The number of benzene rings is 2. The van der Waals surface area contributed by atoms with Crippen LogP contribution in [0.1, 0.15) is 56.3 Å². The molecule has 0 fully saturated rings. The number of hydrogen-bond acceptors (Lipinski definition) is 3. The second-order valence-corrected chi connectivity index (χ2v) is 7.49. The molecular formula is C22H28ClNO3. The predicted octanol–water partition coefficient (Wildman–Crippen LogP) is 5.43. The molecule has 0 radical (unpaired) electrons. The molecule has 1 amide bonds. The van der Waals surface area contributed by atoms with Gasteiger partial charge in [0.1, 0.15) is 11.5 Å². The SMILES string of the molecule is COc1cc(C)c(C(C)NC(=O)C(C)Oc2cccc(Cl)c2)cc1C(C)C. The predicted molar refractivity (Wildman–Crippen MR) is 110 cm³/mol. The summed E-state index contributed by atoms with van der Waals surface area (Å²) in [5.41, 5.74) is 3.28. The Balaban J connectivity index is 2.12. The van der Waals surface area contributed by atoms with Gasteiger partial charge in [0.2, 0.25) is 0 Å². The van der Waals surface area contributed by atoms with E-state index in [1.54, 1.807) is 38.3 Å². The van der Waals surface area contributed by atoms with Crippen molar-refractivity contribution < 1.29 is 14.3 Å². The lowest BCUT2D eigenvalue weighted by Gasteiger charge is -2.22. The fraction of sp³-hybridized carbons (Fsp3) is 0.409. The van der Waals surface area contributed by atoms with Crippen molar-refractivity contribution >= 4 is 17.5 Å². The smallest absolute Gasteiger partial charge is 0.261 e. The van der Waals surface area contributed by atoms with E-state index < -0.39 is 6.10 Å². The number of carbonyl (C=O) groups excluding carboxylic acids is 1. The molecule has 2 atom stereocenters. The Morgan fingerprint density at radius 1 is 1.07 bits per heavy atom. The van der Waals surface area contributed by atoms with Crippen LogP contribution in [0.2, 0.25) is 5.02 Å². The van der Waals surface area contributed by atoms with Crippen molar-refractivity contribution in [3.05, 3.63) is 58.1 Å². The molecular weight excluding hydrogens is 362 g/mol. The first-order chi connectivity index (χ1) is 12.7. The Hall–Kier alpha value is -2.20. The molecule has 2 unspecified atom stereocenters. The maximum atomic E-state index is 12.6. The lowest BCUT2D eigenvalue weighted by molar-refractivity contribution is -0.127. The molecule has 0 aliphatic heterocycles. The first kappa shape index (κ1) is 21.1. The summed E-state index contributed by atoms with van der Waals surface area (Å²) < 4.78 is 11.2. The summed E-state index contributed by atoms with van der Waals surface area (Å²) in [5.74, 6) is 1.60. The van der Waals surface area contributed by atoms with Gasteiger partial charge in [0.15, 0.2) is 6.10 Å². The van der Waals surface area contributed by atoms with Gasteiger partial charge in [0.25, 0.3) is 5.91 Å². The molecule has 0 aliphatic carbocycles. The molecule has 0 bridgehead atoms. The van der Waals surface area contributed by atoms with Crippen molar-refractivity contribution in [2.75, 3.05) is 7.11 Å². The number of nitrogens with one attached hydrogen (secondary N) is 1. The van der Waals surface area contributed by atoms with Crippen LogP contribution >= 0.6 is 11.6 Å². The number of ether oxygens (including phenoxy) is 2. The van der Waals surface area contributed by atoms with E-state index in [1.807, 2.05) is 19.9 Å². The molecule has 0 saturated carbocycles. The zero-order chi connectivity index (χ0) is 20.1. The Morgan fingerprint density at radius 3 is 2.37 bits per heavy atom. The Labute approximate surface area is 166 Å². The zero-order valence-electron chi connectivity index (χ0n) is 16.8. The first-order valence-electron chi connectivity index (χ1n) is 9.14. The Kier molecular flexibility index (Phi) is 7.14. The molecule has 146 valence electrons. The summed E-state index contributed by atoms with van der Waals surface area (Å²) >= 11 is 5.96.